The maximum Gasteiger partial charge on any atom is 0.167 e. The molecule has 3 aromatic carbocycles. The molecule has 0 bridgehead atoms. The maximum absolute atomic E-state index is 13.0. The van der Waals surface area contributed by atoms with E-state index in [9.17, 15) is 9.59 Å². The molecule has 0 heterocycles. The van der Waals surface area contributed by atoms with Crippen LogP contribution >= 0.6 is 0 Å². The summed E-state index contributed by atoms with van der Waals surface area (Å²) < 4.78 is 0. The van der Waals surface area contributed by atoms with Gasteiger partial charge in [-0.15, -0.1) is 0 Å². The van der Waals surface area contributed by atoms with Gasteiger partial charge >= 0.3 is 0 Å². The lowest BCUT2D eigenvalue weighted by molar-refractivity contribution is 0.0892. The highest BCUT2D eigenvalue weighted by atomic mass is 16.1. The average molecular weight is 340 g/mol. The van der Waals surface area contributed by atoms with E-state index in [0.29, 0.717) is 18.4 Å². The molecule has 0 fully saturated rings. The molecular weight excluding hydrogens is 320 g/mol. The molecule has 0 aromatic heterocycles. The Balaban J connectivity index is 1.67. The van der Waals surface area contributed by atoms with Crippen LogP contribution in [-0.2, 0) is 6.42 Å². The zero-order chi connectivity index (χ0) is 17.9. The van der Waals surface area contributed by atoms with Gasteiger partial charge in [-0.3, -0.25) is 9.59 Å². The van der Waals surface area contributed by atoms with Gasteiger partial charge in [-0.05, 0) is 17.5 Å². The Morgan fingerprint density at radius 3 is 2.15 bits per heavy atom. The lowest BCUT2D eigenvalue weighted by atomic mass is 9.79. The molecule has 0 aliphatic heterocycles. The van der Waals surface area contributed by atoms with Crippen molar-refractivity contribution in [2.75, 3.05) is 0 Å². The van der Waals surface area contributed by atoms with Crippen LogP contribution in [0.3, 0.4) is 0 Å². The van der Waals surface area contributed by atoms with Crippen molar-refractivity contribution in [3.8, 4) is 0 Å². The van der Waals surface area contributed by atoms with Crippen LogP contribution in [0.15, 0.2) is 84.9 Å². The molecule has 4 rings (SSSR count). The van der Waals surface area contributed by atoms with Crippen molar-refractivity contribution in [1.29, 1.82) is 0 Å². The molecule has 1 aliphatic rings. The molecule has 2 heteroatoms. The third-order valence-electron chi connectivity index (χ3n) is 5.27. The molecule has 2 atom stereocenters. The standard InChI is InChI=1S/C24H20O2/c25-23(18-11-5-2-6-12-18)16-21(17-9-3-1-4-10-17)22-15-19-13-7-8-14-20(19)24(22)26/h1-14,21-22H,15-16H2. The Morgan fingerprint density at radius 2 is 1.46 bits per heavy atom. The molecule has 0 N–H and O–H groups in total. The molecule has 128 valence electrons. The number of hydrogen-bond acceptors (Lipinski definition) is 2. The number of benzene rings is 3. The molecule has 0 radical (unpaired) electrons. The lowest BCUT2D eigenvalue weighted by Gasteiger charge is -2.22. The number of carbonyl (C=O) groups is 2. The van der Waals surface area contributed by atoms with Crippen LogP contribution in [0.4, 0.5) is 0 Å². The van der Waals surface area contributed by atoms with Crippen molar-refractivity contribution in [2.24, 2.45) is 5.92 Å². The van der Waals surface area contributed by atoms with E-state index in [1.54, 1.807) is 0 Å². The van der Waals surface area contributed by atoms with Crippen LogP contribution in [0.25, 0.3) is 0 Å². The number of fused-ring (bicyclic) bond motifs is 1. The average Bonchev–Trinajstić information content (AvgIpc) is 3.04. The van der Waals surface area contributed by atoms with Crippen molar-refractivity contribution in [2.45, 2.75) is 18.8 Å². The van der Waals surface area contributed by atoms with Gasteiger partial charge in [0.2, 0.25) is 0 Å². The fourth-order valence-electron chi connectivity index (χ4n) is 3.93. The van der Waals surface area contributed by atoms with Gasteiger partial charge in [-0.1, -0.05) is 84.9 Å². The first-order valence-corrected chi connectivity index (χ1v) is 8.99. The second-order valence-electron chi connectivity index (χ2n) is 6.84. The number of hydrogen-bond donors (Lipinski definition) is 0. The quantitative estimate of drug-likeness (QED) is 0.606. The van der Waals surface area contributed by atoms with Gasteiger partial charge < -0.3 is 0 Å². The van der Waals surface area contributed by atoms with Gasteiger partial charge in [0, 0.05) is 29.4 Å². The maximum atomic E-state index is 13.0. The van der Waals surface area contributed by atoms with Gasteiger partial charge in [0.05, 0.1) is 0 Å². The highest BCUT2D eigenvalue weighted by molar-refractivity contribution is 6.03. The number of Topliss-reactive ketones (excluding diaryl/α,β-unsaturated/α-hetero) is 2. The Hall–Kier alpha value is -3.00. The summed E-state index contributed by atoms with van der Waals surface area (Å²) in [5.41, 5.74) is 3.67. The van der Waals surface area contributed by atoms with E-state index in [1.807, 2.05) is 84.9 Å². The number of rotatable bonds is 5. The summed E-state index contributed by atoms with van der Waals surface area (Å²) in [6.07, 6.45) is 1.05. The summed E-state index contributed by atoms with van der Waals surface area (Å²) in [4.78, 5) is 25.9. The van der Waals surface area contributed by atoms with Crippen molar-refractivity contribution in [3.05, 3.63) is 107 Å². The predicted molar refractivity (Wildman–Crippen MR) is 103 cm³/mol. The number of ketones is 2. The molecule has 0 saturated heterocycles. The van der Waals surface area contributed by atoms with Crippen LogP contribution < -0.4 is 0 Å². The molecule has 0 saturated carbocycles. The fraction of sp³-hybridized carbons (Fsp3) is 0.167. The topological polar surface area (TPSA) is 34.1 Å². The Kier molecular flexibility index (Phi) is 4.49. The molecular formula is C24H20O2. The van der Waals surface area contributed by atoms with Crippen molar-refractivity contribution in [3.63, 3.8) is 0 Å². The molecule has 0 spiro atoms. The number of carbonyl (C=O) groups excluding carboxylic acids is 2. The third-order valence-corrected chi connectivity index (χ3v) is 5.27. The minimum atomic E-state index is -0.178. The van der Waals surface area contributed by atoms with Gasteiger partial charge in [0.25, 0.3) is 0 Å². The van der Waals surface area contributed by atoms with E-state index < -0.39 is 0 Å². The molecule has 3 aromatic rings. The normalized spacial score (nSPS) is 16.9. The molecule has 1 aliphatic carbocycles. The molecule has 0 amide bonds. The van der Waals surface area contributed by atoms with Crippen molar-refractivity contribution in [1.82, 2.24) is 0 Å². The van der Waals surface area contributed by atoms with E-state index in [4.69, 9.17) is 0 Å². The highest BCUT2D eigenvalue weighted by Crippen LogP contribution is 2.39. The van der Waals surface area contributed by atoms with E-state index in [1.165, 1.54) is 0 Å². The SMILES string of the molecule is O=C(CC(c1ccccc1)C1Cc2ccccc2C1=O)c1ccccc1. The zero-order valence-electron chi connectivity index (χ0n) is 14.5. The minimum absolute atomic E-state index is 0.0863. The van der Waals surface area contributed by atoms with Gasteiger partial charge in [0.1, 0.15) is 0 Å². The molecule has 26 heavy (non-hydrogen) atoms. The van der Waals surface area contributed by atoms with E-state index in [-0.39, 0.29) is 23.4 Å². The van der Waals surface area contributed by atoms with Crippen molar-refractivity contribution >= 4 is 11.6 Å². The van der Waals surface area contributed by atoms with E-state index in [2.05, 4.69) is 0 Å². The van der Waals surface area contributed by atoms with E-state index in [0.717, 1.165) is 16.7 Å². The first-order chi connectivity index (χ1) is 12.7. The first kappa shape index (κ1) is 16.5. The minimum Gasteiger partial charge on any atom is -0.294 e. The first-order valence-electron chi connectivity index (χ1n) is 8.99. The highest BCUT2D eigenvalue weighted by Gasteiger charge is 2.37. The second kappa shape index (κ2) is 7.09. The van der Waals surface area contributed by atoms with E-state index >= 15 is 0 Å². The lowest BCUT2D eigenvalue weighted by Crippen LogP contribution is -2.22. The summed E-state index contributed by atoms with van der Waals surface area (Å²) in [6.45, 7) is 0. The van der Waals surface area contributed by atoms with Crippen LogP contribution in [0, 0.1) is 5.92 Å². The largest absolute Gasteiger partial charge is 0.294 e. The Bertz CT molecular complexity index is 929. The van der Waals surface area contributed by atoms with Crippen LogP contribution in [0.1, 0.15) is 44.2 Å². The Labute approximate surface area is 153 Å². The molecule has 2 nitrogen and oxygen atoms in total. The van der Waals surface area contributed by atoms with Gasteiger partial charge in [-0.2, -0.15) is 0 Å². The molecule has 2 unspecified atom stereocenters. The summed E-state index contributed by atoms with van der Waals surface area (Å²) in [5.74, 6) is -0.0372. The summed E-state index contributed by atoms with van der Waals surface area (Å²) >= 11 is 0. The monoisotopic (exact) mass is 340 g/mol. The van der Waals surface area contributed by atoms with Gasteiger partial charge in [0.15, 0.2) is 11.6 Å². The zero-order valence-corrected chi connectivity index (χ0v) is 14.5. The van der Waals surface area contributed by atoms with Crippen LogP contribution in [-0.4, -0.2) is 11.6 Å². The predicted octanol–water partition coefficient (Wildman–Crippen LogP) is 5.10. The van der Waals surface area contributed by atoms with Gasteiger partial charge in [-0.25, -0.2) is 0 Å². The third kappa shape index (κ3) is 3.11. The summed E-state index contributed by atoms with van der Waals surface area (Å²) in [5, 5.41) is 0. The van der Waals surface area contributed by atoms with Crippen LogP contribution in [0.5, 0.6) is 0 Å². The second-order valence-corrected chi connectivity index (χ2v) is 6.84. The smallest absolute Gasteiger partial charge is 0.167 e. The van der Waals surface area contributed by atoms with Crippen LogP contribution in [0.2, 0.25) is 0 Å². The fourth-order valence-corrected chi connectivity index (χ4v) is 3.93. The Morgan fingerprint density at radius 1 is 0.846 bits per heavy atom. The summed E-state index contributed by atoms with van der Waals surface area (Å²) in [7, 11) is 0. The van der Waals surface area contributed by atoms with Crippen molar-refractivity contribution < 1.29 is 9.59 Å². The summed E-state index contributed by atoms with van der Waals surface area (Å²) in [6, 6.07) is 27.1.